The molecule has 96 valence electrons. The van der Waals surface area contributed by atoms with Crippen LogP contribution in [0.15, 0.2) is 18.2 Å². The maximum atomic E-state index is 11.9. The van der Waals surface area contributed by atoms with Crippen molar-refractivity contribution in [2.24, 2.45) is 0 Å². The third kappa shape index (κ3) is 2.25. The molecule has 0 atom stereocenters. The Bertz CT molecular complexity index is 751. The Labute approximate surface area is 116 Å². The van der Waals surface area contributed by atoms with Crippen molar-refractivity contribution >= 4 is 46.0 Å². The van der Waals surface area contributed by atoms with Gasteiger partial charge in [-0.05, 0) is 23.4 Å². The fraction of sp³-hybridized carbons (Fsp3) is 0. The zero-order valence-electron chi connectivity index (χ0n) is 9.24. The Balaban J connectivity index is 1.97. The third-order valence-electron chi connectivity index (χ3n) is 2.47. The van der Waals surface area contributed by atoms with Crippen molar-refractivity contribution < 1.29 is 4.79 Å². The highest BCUT2D eigenvalue weighted by Gasteiger charge is 2.13. The van der Waals surface area contributed by atoms with Gasteiger partial charge in [0.05, 0.1) is 5.02 Å². The van der Waals surface area contributed by atoms with Gasteiger partial charge in [0.2, 0.25) is 0 Å². The van der Waals surface area contributed by atoms with E-state index in [9.17, 15) is 4.79 Å². The molecule has 0 bridgehead atoms. The summed E-state index contributed by atoms with van der Waals surface area (Å²) in [6.45, 7) is 0. The van der Waals surface area contributed by atoms with Crippen LogP contribution in [0.1, 0.15) is 10.5 Å². The van der Waals surface area contributed by atoms with Gasteiger partial charge in [-0.15, -0.1) is 5.10 Å². The van der Waals surface area contributed by atoms with E-state index in [2.05, 4.69) is 30.9 Å². The van der Waals surface area contributed by atoms with Gasteiger partial charge in [-0.25, -0.2) is 0 Å². The molecule has 7 nitrogen and oxygen atoms in total. The molecule has 2 aromatic heterocycles. The SMILES string of the molecule is O=C(Nc1nn[nH]n1)c1cc2c(Cl)cc(Cl)cc2[nH]1. The Morgan fingerprint density at radius 3 is 2.84 bits per heavy atom. The number of anilines is 1. The van der Waals surface area contributed by atoms with Crippen LogP contribution in [0.25, 0.3) is 10.9 Å². The van der Waals surface area contributed by atoms with Gasteiger partial charge in [0, 0.05) is 15.9 Å². The van der Waals surface area contributed by atoms with E-state index in [0.29, 0.717) is 26.6 Å². The number of carbonyl (C=O) groups excluding carboxylic acids is 1. The van der Waals surface area contributed by atoms with Gasteiger partial charge in [-0.2, -0.15) is 5.21 Å². The van der Waals surface area contributed by atoms with E-state index in [-0.39, 0.29) is 5.95 Å². The van der Waals surface area contributed by atoms with E-state index < -0.39 is 5.91 Å². The molecular weight excluding hydrogens is 291 g/mol. The molecule has 3 rings (SSSR count). The van der Waals surface area contributed by atoms with Crippen LogP contribution in [0.3, 0.4) is 0 Å². The van der Waals surface area contributed by atoms with Gasteiger partial charge < -0.3 is 4.98 Å². The van der Waals surface area contributed by atoms with Crippen LogP contribution in [-0.2, 0) is 0 Å². The molecule has 0 aliphatic rings. The molecule has 2 heterocycles. The zero-order valence-corrected chi connectivity index (χ0v) is 10.7. The minimum atomic E-state index is -0.398. The lowest BCUT2D eigenvalue weighted by Gasteiger charge is -1.95. The minimum absolute atomic E-state index is 0.0905. The number of tetrazole rings is 1. The Kier molecular flexibility index (Phi) is 2.84. The number of fused-ring (bicyclic) bond motifs is 1. The summed E-state index contributed by atoms with van der Waals surface area (Å²) in [5.74, 6) is -0.308. The number of carbonyl (C=O) groups is 1. The summed E-state index contributed by atoms with van der Waals surface area (Å²) in [5, 5.41) is 17.0. The van der Waals surface area contributed by atoms with E-state index in [4.69, 9.17) is 23.2 Å². The predicted molar refractivity (Wildman–Crippen MR) is 70.4 cm³/mol. The summed E-state index contributed by atoms with van der Waals surface area (Å²) in [5.41, 5.74) is 1.000. The summed E-state index contributed by atoms with van der Waals surface area (Å²) >= 11 is 11.9. The van der Waals surface area contributed by atoms with Gasteiger partial charge in [-0.1, -0.05) is 28.3 Å². The molecule has 3 N–H and O–H groups in total. The van der Waals surface area contributed by atoms with E-state index in [1.54, 1.807) is 18.2 Å². The Hall–Kier alpha value is -2.12. The molecule has 0 saturated heterocycles. The molecule has 0 aliphatic heterocycles. The number of H-pyrrole nitrogens is 2. The van der Waals surface area contributed by atoms with Gasteiger partial charge in [0.25, 0.3) is 11.9 Å². The van der Waals surface area contributed by atoms with Crippen molar-refractivity contribution in [3.05, 3.63) is 33.9 Å². The maximum Gasteiger partial charge on any atom is 0.274 e. The molecule has 0 spiro atoms. The standard InChI is InChI=1S/C10H6Cl2N6O/c11-4-1-6(12)5-3-8(13-7(5)2-4)9(19)14-10-15-17-18-16-10/h1-3,13H,(H2,14,15,16,17,18,19). The first-order valence-corrected chi connectivity index (χ1v) is 5.91. The summed E-state index contributed by atoms with van der Waals surface area (Å²) in [6.07, 6.45) is 0. The highest BCUT2D eigenvalue weighted by molar-refractivity contribution is 6.38. The number of nitrogens with one attached hydrogen (secondary N) is 3. The first-order chi connectivity index (χ1) is 9.13. The quantitative estimate of drug-likeness (QED) is 0.675. The Morgan fingerprint density at radius 2 is 2.11 bits per heavy atom. The number of hydrogen-bond acceptors (Lipinski definition) is 4. The average Bonchev–Trinajstić information content (AvgIpc) is 2.97. The smallest absolute Gasteiger partial charge is 0.274 e. The molecule has 1 aromatic carbocycles. The number of halogens is 2. The number of aromatic nitrogens is 5. The molecule has 19 heavy (non-hydrogen) atoms. The lowest BCUT2D eigenvalue weighted by molar-refractivity contribution is 0.102. The van der Waals surface area contributed by atoms with E-state index in [0.717, 1.165) is 0 Å². The van der Waals surface area contributed by atoms with Crippen LogP contribution in [0.5, 0.6) is 0 Å². The second-order valence-electron chi connectivity index (χ2n) is 3.72. The molecular formula is C10H6Cl2N6O. The maximum absolute atomic E-state index is 11.9. The van der Waals surface area contributed by atoms with Gasteiger partial charge in [0.1, 0.15) is 5.69 Å². The van der Waals surface area contributed by atoms with Gasteiger partial charge in [-0.3, -0.25) is 10.1 Å². The minimum Gasteiger partial charge on any atom is -0.350 e. The number of nitrogens with zero attached hydrogens (tertiary/aromatic N) is 3. The topological polar surface area (TPSA) is 99.3 Å². The van der Waals surface area contributed by atoms with Crippen molar-refractivity contribution in [3.8, 4) is 0 Å². The summed E-state index contributed by atoms with van der Waals surface area (Å²) in [4.78, 5) is 14.9. The molecule has 3 aromatic rings. The molecule has 0 radical (unpaired) electrons. The molecule has 0 fully saturated rings. The first-order valence-electron chi connectivity index (χ1n) is 5.16. The monoisotopic (exact) mass is 296 g/mol. The number of amides is 1. The van der Waals surface area contributed by atoms with Crippen molar-refractivity contribution in [2.75, 3.05) is 5.32 Å². The number of aromatic amines is 2. The van der Waals surface area contributed by atoms with E-state index >= 15 is 0 Å². The fourth-order valence-electron chi connectivity index (χ4n) is 1.67. The second kappa shape index (κ2) is 4.52. The highest BCUT2D eigenvalue weighted by Crippen LogP contribution is 2.28. The van der Waals surface area contributed by atoms with Crippen LogP contribution in [0.4, 0.5) is 5.95 Å². The van der Waals surface area contributed by atoms with Crippen molar-refractivity contribution in [2.45, 2.75) is 0 Å². The zero-order chi connectivity index (χ0) is 13.4. The van der Waals surface area contributed by atoms with Crippen LogP contribution in [0.2, 0.25) is 10.0 Å². The van der Waals surface area contributed by atoms with E-state index in [1.807, 2.05) is 0 Å². The molecule has 0 unspecified atom stereocenters. The van der Waals surface area contributed by atoms with Crippen molar-refractivity contribution in [1.29, 1.82) is 0 Å². The largest absolute Gasteiger partial charge is 0.350 e. The van der Waals surface area contributed by atoms with Crippen LogP contribution < -0.4 is 5.32 Å². The van der Waals surface area contributed by atoms with E-state index in [1.165, 1.54) is 0 Å². The first kappa shape index (κ1) is 11.9. The number of rotatable bonds is 2. The van der Waals surface area contributed by atoms with Gasteiger partial charge >= 0.3 is 0 Å². The number of benzene rings is 1. The predicted octanol–water partition coefficient (Wildman–Crippen LogP) is 2.24. The second-order valence-corrected chi connectivity index (χ2v) is 4.57. The lowest BCUT2D eigenvalue weighted by Crippen LogP contribution is -2.13. The summed E-state index contributed by atoms with van der Waals surface area (Å²) in [7, 11) is 0. The van der Waals surface area contributed by atoms with Gasteiger partial charge in [0.15, 0.2) is 0 Å². The van der Waals surface area contributed by atoms with Crippen molar-refractivity contribution in [3.63, 3.8) is 0 Å². The average molecular weight is 297 g/mol. The van der Waals surface area contributed by atoms with Crippen LogP contribution in [0, 0.1) is 0 Å². The summed E-state index contributed by atoms with van der Waals surface area (Å²) < 4.78 is 0. The lowest BCUT2D eigenvalue weighted by atomic mass is 10.2. The number of hydrogen-bond donors (Lipinski definition) is 3. The molecule has 9 heteroatoms. The normalized spacial score (nSPS) is 10.8. The molecule has 0 saturated carbocycles. The Morgan fingerprint density at radius 1 is 1.26 bits per heavy atom. The highest BCUT2D eigenvalue weighted by atomic mass is 35.5. The van der Waals surface area contributed by atoms with Crippen molar-refractivity contribution in [1.82, 2.24) is 25.6 Å². The van der Waals surface area contributed by atoms with Crippen LogP contribution in [-0.4, -0.2) is 31.5 Å². The molecule has 0 aliphatic carbocycles. The third-order valence-corrected chi connectivity index (χ3v) is 3.00. The van der Waals surface area contributed by atoms with Crippen LogP contribution >= 0.6 is 23.2 Å². The molecule has 1 amide bonds. The summed E-state index contributed by atoms with van der Waals surface area (Å²) in [6, 6.07) is 4.93. The fourth-order valence-corrected chi connectivity index (χ4v) is 2.21.